The summed E-state index contributed by atoms with van der Waals surface area (Å²) in [4.78, 5) is 7.46. The molecule has 0 bridgehead atoms. The van der Waals surface area contributed by atoms with Crippen molar-refractivity contribution in [2.75, 3.05) is 53.6 Å². The fourth-order valence-electron chi connectivity index (χ4n) is 3.43. The smallest absolute Gasteiger partial charge is 0.191 e. The van der Waals surface area contributed by atoms with Crippen LogP contribution in [0, 0.1) is 0 Å². The zero-order chi connectivity index (χ0) is 19.3. The van der Waals surface area contributed by atoms with E-state index in [1.807, 2.05) is 12.1 Å². The molecular weight excluding hydrogens is 467 g/mol. The van der Waals surface area contributed by atoms with Crippen molar-refractivity contribution < 1.29 is 9.47 Å². The van der Waals surface area contributed by atoms with Crippen molar-refractivity contribution in [2.45, 2.75) is 38.6 Å². The van der Waals surface area contributed by atoms with Gasteiger partial charge in [0.05, 0.1) is 19.7 Å². The third kappa shape index (κ3) is 8.53. The molecule has 6 nitrogen and oxygen atoms in total. The maximum atomic E-state index is 5.32. The van der Waals surface area contributed by atoms with E-state index in [0.29, 0.717) is 6.04 Å². The maximum absolute atomic E-state index is 5.32. The number of likely N-dealkylation sites (tertiary alicyclic amines) is 1. The van der Waals surface area contributed by atoms with Crippen LogP contribution in [0.4, 0.5) is 0 Å². The number of aliphatic imine (C=N–C) groups is 1. The number of hydrogen-bond donors (Lipinski definition) is 2. The first-order valence-corrected chi connectivity index (χ1v) is 10.2. The topological polar surface area (TPSA) is 58.1 Å². The Morgan fingerprint density at radius 1 is 1.11 bits per heavy atom. The molecule has 1 fully saturated rings. The van der Waals surface area contributed by atoms with Gasteiger partial charge in [-0.1, -0.05) is 18.6 Å². The van der Waals surface area contributed by atoms with Gasteiger partial charge in [0.1, 0.15) is 5.75 Å². The maximum Gasteiger partial charge on any atom is 0.191 e. The van der Waals surface area contributed by atoms with E-state index in [4.69, 9.17) is 14.5 Å². The Hall–Kier alpha value is -1.06. The molecule has 2 N–H and O–H groups in total. The number of nitrogens with one attached hydrogen (secondary N) is 2. The summed E-state index contributed by atoms with van der Waals surface area (Å²) in [5, 5.41) is 6.75. The van der Waals surface area contributed by atoms with E-state index in [-0.39, 0.29) is 24.0 Å². The average Bonchev–Trinajstić information content (AvgIpc) is 2.72. The van der Waals surface area contributed by atoms with Crippen molar-refractivity contribution in [3.63, 3.8) is 0 Å². The summed E-state index contributed by atoms with van der Waals surface area (Å²) in [7, 11) is 3.44. The van der Waals surface area contributed by atoms with Gasteiger partial charge in [0.2, 0.25) is 0 Å². The van der Waals surface area contributed by atoms with Gasteiger partial charge in [-0.2, -0.15) is 0 Å². The van der Waals surface area contributed by atoms with E-state index in [2.05, 4.69) is 34.6 Å². The number of rotatable bonds is 10. The van der Waals surface area contributed by atoms with E-state index in [0.717, 1.165) is 57.5 Å². The van der Waals surface area contributed by atoms with E-state index < -0.39 is 0 Å². The number of halogens is 1. The third-order valence-electron chi connectivity index (χ3n) is 4.92. The number of methoxy groups -OCH3 is 2. The highest BCUT2D eigenvalue weighted by Gasteiger charge is 2.22. The largest absolute Gasteiger partial charge is 0.497 e. The molecule has 1 aromatic carbocycles. The number of guanidine groups is 1. The van der Waals surface area contributed by atoms with Gasteiger partial charge in [-0.3, -0.25) is 9.89 Å². The van der Waals surface area contributed by atoms with Gasteiger partial charge in [-0.05, 0) is 57.0 Å². The molecule has 0 aliphatic carbocycles. The van der Waals surface area contributed by atoms with Crippen molar-refractivity contribution >= 4 is 29.9 Å². The van der Waals surface area contributed by atoms with Crippen LogP contribution in [0.15, 0.2) is 29.3 Å². The molecule has 0 aromatic heterocycles. The van der Waals surface area contributed by atoms with Crippen LogP contribution < -0.4 is 15.4 Å². The highest BCUT2D eigenvalue weighted by atomic mass is 127. The molecule has 2 rings (SSSR count). The lowest BCUT2D eigenvalue weighted by Crippen LogP contribution is -2.40. The fourth-order valence-corrected chi connectivity index (χ4v) is 3.43. The van der Waals surface area contributed by atoms with Gasteiger partial charge in [-0.25, -0.2) is 0 Å². The predicted molar refractivity (Wildman–Crippen MR) is 127 cm³/mol. The number of hydrogen-bond acceptors (Lipinski definition) is 4. The summed E-state index contributed by atoms with van der Waals surface area (Å²) in [6.45, 7) is 7.59. The molecule has 0 spiro atoms. The van der Waals surface area contributed by atoms with E-state index in [1.165, 1.54) is 24.8 Å². The molecule has 1 aliphatic rings. The van der Waals surface area contributed by atoms with Crippen molar-refractivity contribution in [3.05, 3.63) is 29.8 Å². The van der Waals surface area contributed by atoms with Crippen LogP contribution in [0.1, 0.15) is 44.2 Å². The first-order chi connectivity index (χ1) is 13.3. The quantitative estimate of drug-likeness (QED) is 0.221. The molecular formula is C21H37IN4O2. The van der Waals surface area contributed by atoms with Crippen LogP contribution >= 0.6 is 24.0 Å². The monoisotopic (exact) mass is 504 g/mol. The number of piperidine rings is 1. The molecule has 0 amide bonds. The van der Waals surface area contributed by atoms with Gasteiger partial charge >= 0.3 is 0 Å². The van der Waals surface area contributed by atoms with Gasteiger partial charge in [0.15, 0.2) is 5.96 Å². The average molecular weight is 504 g/mol. The van der Waals surface area contributed by atoms with E-state index >= 15 is 0 Å². The SMILES string of the molecule is CCNC(=NCC(c1ccc(OC)cc1)N1CCCCC1)NCCCOC.I. The molecule has 0 saturated carbocycles. The van der Waals surface area contributed by atoms with Crippen molar-refractivity contribution in [2.24, 2.45) is 4.99 Å². The molecule has 28 heavy (non-hydrogen) atoms. The first kappa shape index (κ1) is 25.0. The predicted octanol–water partition coefficient (Wildman–Crippen LogP) is 3.43. The Morgan fingerprint density at radius 3 is 2.43 bits per heavy atom. The second kappa shape index (κ2) is 14.9. The summed E-state index contributed by atoms with van der Waals surface area (Å²) in [6.07, 6.45) is 4.84. The van der Waals surface area contributed by atoms with Gasteiger partial charge < -0.3 is 20.1 Å². The highest BCUT2D eigenvalue weighted by Crippen LogP contribution is 2.26. The van der Waals surface area contributed by atoms with Gasteiger partial charge in [0, 0.05) is 26.8 Å². The van der Waals surface area contributed by atoms with Gasteiger partial charge in [0.25, 0.3) is 0 Å². The second-order valence-corrected chi connectivity index (χ2v) is 6.88. The number of benzene rings is 1. The first-order valence-electron chi connectivity index (χ1n) is 10.2. The highest BCUT2D eigenvalue weighted by molar-refractivity contribution is 14.0. The minimum Gasteiger partial charge on any atom is -0.497 e. The number of nitrogens with zero attached hydrogens (tertiary/aromatic N) is 2. The standard InChI is InChI=1S/C21H36N4O2.HI/c1-4-22-21(23-13-8-16-26-2)24-17-20(25-14-6-5-7-15-25)18-9-11-19(27-3)12-10-18;/h9-12,20H,4-8,13-17H2,1-3H3,(H2,22,23,24);1H. The van der Waals surface area contributed by atoms with E-state index in [1.54, 1.807) is 14.2 Å². The van der Waals surface area contributed by atoms with Crippen LogP contribution in [-0.4, -0.2) is 64.4 Å². The van der Waals surface area contributed by atoms with Crippen LogP contribution in [0.25, 0.3) is 0 Å². The van der Waals surface area contributed by atoms with Crippen molar-refractivity contribution in [1.29, 1.82) is 0 Å². The Bertz CT molecular complexity index is 548. The molecule has 0 radical (unpaired) electrons. The van der Waals surface area contributed by atoms with Crippen LogP contribution in [0.5, 0.6) is 5.75 Å². The van der Waals surface area contributed by atoms with Crippen LogP contribution in [0.2, 0.25) is 0 Å². The Balaban J connectivity index is 0.00000392. The Morgan fingerprint density at radius 2 is 1.82 bits per heavy atom. The van der Waals surface area contributed by atoms with Gasteiger partial charge in [-0.15, -0.1) is 24.0 Å². The Kier molecular flexibility index (Phi) is 13.3. The molecule has 1 atom stereocenters. The summed E-state index contributed by atoms with van der Waals surface area (Å²) < 4.78 is 10.4. The molecule has 1 unspecified atom stereocenters. The van der Waals surface area contributed by atoms with Crippen molar-refractivity contribution in [3.8, 4) is 5.75 Å². The fraction of sp³-hybridized carbons (Fsp3) is 0.667. The molecule has 1 aromatic rings. The van der Waals surface area contributed by atoms with Crippen LogP contribution in [0.3, 0.4) is 0 Å². The van der Waals surface area contributed by atoms with E-state index in [9.17, 15) is 0 Å². The Labute approximate surface area is 187 Å². The molecule has 7 heteroatoms. The minimum atomic E-state index is 0. The lowest BCUT2D eigenvalue weighted by molar-refractivity contribution is 0.167. The summed E-state index contributed by atoms with van der Waals surface area (Å²) in [5.74, 6) is 1.77. The summed E-state index contributed by atoms with van der Waals surface area (Å²) in [6, 6.07) is 8.73. The molecule has 160 valence electrons. The van der Waals surface area contributed by atoms with Crippen molar-refractivity contribution in [1.82, 2.24) is 15.5 Å². The minimum absolute atomic E-state index is 0. The zero-order valence-electron chi connectivity index (χ0n) is 17.6. The lowest BCUT2D eigenvalue weighted by atomic mass is 10.0. The second-order valence-electron chi connectivity index (χ2n) is 6.88. The summed E-state index contributed by atoms with van der Waals surface area (Å²) >= 11 is 0. The lowest BCUT2D eigenvalue weighted by Gasteiger charge is -2.34. The number of ether oxygens (including phenoxy) is 2. The summed E-state index contributed by atoms with van der Waals surface area (Å²) in [5.41, 5.74) is 1.30. The van der Waals surface area contributed by atoms with Crippen LogP contribution in [-0.2, 0) is 4.74 Å². The molecule has 1 saturated heterocycles. The third-order valence-corrected chi connectivity index (χ3v) is 4.92. The zero-order valence-corrected chi connectivity index (χ0v) is 19.9. The molecule has 1 heterocycles. The normalized spacial score (nSPS) is 16.2. The molecule has 1 aliphatic heterocycles.